The molecule has 1 amide bonds. The van der Waals surface area contributed by atoms with Gasteiger partial charge >= 0.3 is 0 Å². The summed E-state index contributed by atoms with van der Waals surface area (Å²) in [6.45, 7) is 0.806. The number of halogens is 1. The van der Waals surface area contributed by atoms with Gasteiger partial charge in [-0.05, 0) is 18.6 Å². The zero-order chi connectivity index (χ0) is 12.3. The quantitative estimate of drug-likeness (QED) is 0.890. The summed E-state index contributed by atoms with van der Waals surface area (Å²) < 4.78 is 2.10. The van der Waals surface area contributed by atoms with Crippen LogP contribution in [0.2, 0.25) is 5.02 Å². The third-order valence-corrected chi connectivity index (χ3v) is 3.13. The normalized spacial score (nSPS) is 10.7. The number of hydrogen-bond acceptors (Lipinski definition) is 1. The van der Waals surface area contributed by atoms with Crippen LogP contribution in [0.1, 0.15) is 12.8 Å². The van der Waals surface area contributed by atoms with Crippen LogP contribution in [0.3, 0.4) is 0 Å². The lowest BCUT2D eigenvalue weighted by atomic mass is 10.2. The average molecular weight is 251 g/mol. The molecule has 2 rings (SSSR count). The van der Waals surface area contributed by atoms with Crippen molar-refractivity contribution in [3.63, 3.8) is 0 Å². The second-order valence-corrected chi connectivity index (χ2v) is 4.37. The zero-order valence-corrected chi connectivity index (χ0v) is 10.5. The highest BCUT2D eigenvalue weighted by Gasteiger charge is 2.05. The second kappa shape index (κ2) is 5.23. The highest BCUT2D eigenvalue weighted by molar-refractivity contribution is 6.35. The van der Waals surface area contributed by atoms with Crippen LogP contribution in [0.15, 0.2) is 30.5 Å². The number of aryl methyl sites for hydroxylation is 1. The molecule has 0 fully saturated rings. The first kappa shape index (κ1) is 12.0. The molecule has 0 saturated carbocycles. The number of aromatic nitrogens is 1. The minimum atomic E-state index is 0.0764. The van der Waals surface area contributed by atoms with Crippen LogP contribution in [0, 0.1) is 0 Å². The van der Waals surface area contributed by atoms with Gasteiger partial charge in [0.15, 0.2) is 0 Å². The van der Waals surface area contributed by atoms with E-state index in [-0.39, 0.29) is 5.91 Å². The van der Waals surface area contributed by atoms with Gasteiger partial charge in [0.25, 0.3) is 0 Å². The van der Waals surface area contributed by atoms with Gasteiger partial charge in [-0.25, -0.2) is 0 Å². The Labute approximate surface area is 105 Å². The van der Waals surface area contributed by atoms with Crippen LogP contribution in [-0.4, -0.2) is 17.5 Å². The van der Waals surface area contributed by atoms with Gasteiger partial charge in [-0.3, -0.25) is 4.79 Å². The number of hydrogen-bond donors (Lipinski definition) is 1. The van der Waals surface area contributed by atoms with Crippen molar-refractivity contribution in [2.75, 3.05) is 7.05 Å². The second-order valence-electron chi connectivity index (χ2n) is 3.96. The maximum absolute atomic E-state index is 11.1. The average Bonchev–Trinajstić information content (AvgIpc) is 2.74. The minimum absolute atomic E-state index is 0.0764. The number of carbonyl (C=O) groups excluding carboxylic acids is 1. The van der Waals surface area contributed by atoms with Gasteiger partial charge in [0.05, 0.1) is 10.5 Å². The highest BCUT2D eigenvalue weighted by Crippen LogP contribution is 2.24. The van der Waals surface area contributed by atoms with Crippen molar-refractivity contribution < 1.29 is 4.79 Å². The predicted octanol–water partition coefficient (Wildman–Crippen LogP) is 2.82. The fourth-order valence-corrected chi connectivity index (χ4v) is 2.23. The summed E-state index contributed by atoms with van der Waals surface area (Å²) in [6, 6.07) is 7.91. The summed E-state index contributed by atoms with van der Waals surface area (Å²) in [6.07, 6.45) is 3.37. The topological polar surface area (TPSA) is 34.0 Å². The molecule has 4 heteroatoms. The monoisotopic (exact) mass is 250 g/mol. The fourth-order valence-electron chi connectivity index (χ4n) is 1.94. The Bertz CT molecular complexity index is 533. The summed E-state index contributed by atoms with van der Waals surface area (Å²) in [5.74, 6) is 0.0764. The summed E-state index contributed by atoms with van der Waals surface area (Å²) >= 11 is 6.17. The Hall–Kier alpha value is -1.48. The van der Waals surface area contributed by atoms with Crippen LogP contribution in [0.5, 0.6) is 0 Å². The molecule has 0 atom stereocenters. The molecular weight excluding hydrogens is 236 g/mol. The molecule has 0 bridgehead atoms. The van der Waals surface area contributed by atoms with Crippen LogP contribution in [0.25, 0.3) is 10.9 Å². The molecule has 1 aromatic carbocycles. The van der Waals surface area contributed by atoms with Gasteiger partial charge in [-0.1, -0.05) is 23.7 Å². The molecule has 0 saturated heterocycles. The Balaban J connectivity index is 2.11. The van der Waals surface area contributed by atoms with E-state index in [1.165, 1.54) is 0 Å². The molecule has 90 valence electrons. The lowest BCUT2D eigenvalue weighted by Gasteiger charge is -2.06. The maximum atomic E-state index is 11.1. The largest absolute Gasteiger partial charge is 0.359 e. The van der Waals surface area contributed by atoms with E-state index in [4.69, 9.17) is 11.6 Å². The van der Waals surface area contributed by atoms with Crippen LogP contribution in [0.4, 0.5) is 0 Å². The predicted molar refractivity (Wildman–Crippen MR) is 70.2 cm³/mol. The molecule has 0 aliphatic carbocycles. The Morgan fingerprint density at radius 3 is 3.00 bits per heavy atom. The number of nitrogens with zero attached hydrogens (tertiary/aromatic N) is 1. The molecule has 3 nitrogen and oxygen atoms in total. The number of para-hydroxylation sites is 1. The van der Waals surface area contributed by atoms with Gasteiger partial charge in [0.1, 0.15) is 0 Å². The first-order chi connectivity index (χ1) is 8.22. The standard InChI is InChI=1S/C13H15ClN2O/c1-15-12(17)6-3-8-16-9-7-10-4-2-5-11(14)13(10)16/h2,4-5,7,9H,3,6,8H2,1H3,(H,15,17). The van der Waals surface area contributed by atoms with E-state index in [0.29, 0.717) is 6.42 Å². The van der Waals surface area contributed by atoms with Crippen molar-refractivity contribution in [3.8, 4) is 0 Å². The smallest absolute Gasteiger partial charge is 0.219 e. The third kappa shape index (κ3) is 2.61. The molecule has 1 aromatic heterocycles. The summed E-state index contributed by atoms with van der Waals surface area (Å²) in [7, 11) is 1.66. The van der Waals surface area contributed by atoms with Crippen LogP contribution < -0.4 is 5.32 Å². The van der Waals surface area contributed by atoms with E-state index in [1.807, 2.05) is 30.5 Å². The van der Waals surface area contributed by atoms with E-state index in [2.05, 4.69) is 9.88 Å². The minimum Gasteiger partial charge on any atom is -0.359 e. The van der Waals surface area contributed by atoms with Crippen molar-refractivity contribution in [3.05, 3.63) is 35.5 Å². The number of carbonyl (C=O) groups is 1. The van der Waals surface area contributed by atoms with Gasteiger partial charge in [-0.15, -0.1) is 0 Å². The Kier molecular flexibility index (Phi) is 3.69. The zero-order valence-electron chi connectivity index (χ0n) is 9.74. The molecular formula is C13H15ClN2O. The first-order valence-corrected chi connectivity index (χ1v) is 6.04. The van der Waals surface area contributed by atoms with E-state index < -0.39 is 0 Å². The van der Waals surface area contributed by atoms with E-state index >= 15 is 0 Å². The van der Waals surface area contributed by atoms with Crippen molar-refractivity contribution in [1.82, 2.24) is 9.88 Å². The number of benzene rings is 1. The molecule has 1 heterocycles. The number of nitrogens with one attached hydrogen (secondary N) is 1. The van der Waals surface area contributed by atoms with Crippen molar-refractivity contribution >= 4 is 28.4 Å². The maximum Gasteiger partial charge on any atom is 0.219 e. The van der Waals surface area contributed by atoms with Gasteiger partial charge < -0.3 is 9.88 Å². The SMILES string of the molecule is CNC(=O)CCCn1ccc2cccc(Cl)c21. The lowest BCUT2D eigenvalue weighted by Crippen LogP contribution is -2.17. The molecule has 0 radical (unpaired) electrons. The number of amides is 1. The summed E-state index contributed by atoms with van der Waals surface area (Å²) in [4.78, 5) is 11.1. The van der Waals surface area contributed by atoms with Gasteiger partial charge in [-0.2, -0.15) is 0 Å². The highest BCUT2D eigenvalue weighted by atomic mass is 35.5. The third-order valence-electron chi connectivity index (χ3n) is 2.82. The van der Waals surface area contributed by atoms with Crippen LogP contribution in [-0.2, 0) is 11.3 Å². The van der Waals surface area contributed by atoms with Crippen molar-refractivity contribution in [1.29, 1.82) is 0 Å². The molecule has 2 aromatic rings. The molecule has 0 spiro atoms. The molecule has 0 aliphatic heterocycles. The van der Waals surface area contributed by atoms with E-state index in [0.717, 1.165) is 28.9 Å². The summed E-state index contributed by atoms with van der Waals surface area (Å²) in [5, 5.41) is 4.51. The fraction of sp³-hybridized carbons (Fsp3) is 0.308. The molecule has 0 aliphatic rings. The molecule has 17 heavy (non-hydrogen) atoms. The molecule has 0 unspecified atom stereocenters. The van der Waals surface area contributed by atoms with Crippen molar-refractivity contribution in [2.24, 2.45) is 0 Å². The van der Waals surface area contributed by atoms with Crippen molar-refractivity contribution in [2.45, 2.75) is 19.4 Å². The first-order valence-electron chi connectivity index (χ1n) is 5.66. The Morgan fingerprint density at radius 2 is 2.24 bits per heavy atom. The number of fused-ring (bicyclic) bond motifs is 1. The van der Waals surface area contributed by atoms with Gasteiger partial charge in [0, 0.05) is 31.6 Å². The van der Waals surface area contributed by atoms with E-state index in [1.54, 1.807) is 7.05 Å². The number of rotatable bonds is 4. The van der Waals surface area contributed by atoms with E-state index in [9.17, 15) is 4.79 Å². The van der Waals surface area contributed by atoms with Crippen LogP contribution >= 0.6 is 11.6 Å². The lowest BCUT2D eigenvalue weighted by molar-refractivity contribution is -0.120. The van der Waals surface area contributed by atoms with Gasteiger partial charge in [0.2, 0.25) is 5.91 Å². The molecule has 1 N–H and O–H groups in total. The Morgan fingerprint density at radius 1 is 1.41 bits per heavy atom. The summed E-state index contributed by atoms with van der Waals surface area (Å²) in [5.41, 5.74) is 1.05.